The number of amides is 2. The number of carbonyl (C=O) groups is 2. The van der Waals surface area contributed by atoms with Gasteiger partial charge in [-0.05, 0) is 88.9 Å². The van der Waals surface area contributed by atoms with E-state index in [2.05, 4.69) is 15.2 Å². The molecule has 0 spiro atoms. The number of aromatic nitrogens is 3. The Morgan fingerprint density at radius 2 is 1.74 bits per heavy atom. The Kier molecular flexibility index (Phi) is 5.55. The van der Waals surface area contributed by atoms with Crippen LogP contribution in [0.2, 0.25) is 0 Å². The first-order chi connectivity index (χ1) is 15.0. The SMILES string of the molecule is CCN(CC)C(=O)c1cn(C[C@H]2CCCN(C(=O)C34CC5CC(CC(C5)C3)C4)C2)nn1. The Hall–Kier alpha value is -1.92. The minimum atomic E-state index is -0.0569. The molecule has 1 saturated heterocycles. The number of hydrogen-bond acceptors (Lipinski definition) is 4. The third kappa shape index (κ3) is 3.89. The molecule has 1 aromatic heterocycles. The predicted molar refractivity (Wildman–Crippen MR) is 117 cm³/mol. The highest BCUT2D eigenvalue weighted by Gasteiger charge is 2.55. The molecule has 4 bridgehead atoms. The summed E-state index contributed by atoms with van der Waals surface area (Å²) in [6.07, 6.45) is 11.5. The monoisotopic (exact) mass is 427 g/mol. The van der Waals surface area contributed by atoms with Crippen molar-refractivity contribution in [3.63, 3.8) is 0 Å². The van der Waals surface area contributed by atoms with Crippen molar-refractivity contribution in [3.8, 4) is 0 Å². The molecule has 1 aliphatic heterocycles. The van der Waals surface area contributed by atoms with E-state index in [4.69, 9.17) is 0 Å². The van der Waals surface area contributed by atoms with Gasteiger partial charge in [-0.25, -0.2) is 0 Å². The lowest BCUT2D eigenvalue weighted by Crippen LogP contribution is -2.56. The molecule has 0 aromatic carbocycles. The van der Waals surface area contributed by atoms with Crippen LogP contribution in [0.4, 0.5) is 0 Å². The number of hydrogen-bond donors (Lipinski definition) is 0. The van der Waals surface area contributed by atoms with Crippen LogP contribution in [-0.2, 0) is 11.3 Å². The van der Waals surface area contributed by atoms with E-state index in [1.807, 2.05) is 13.8 Å². The Morgan fingerprint density at radius 3 is 2.35 bits per heavy atom. The predicted octanol–water partition coefficient (Wildman–Crippen LogP) is 3.22. The van der Waals surface area contributed by atoms with Crippen LogP contribution < -0.4 is 0 Å². The molecule has 7 nitrogen and oxygen atoms in total. The number of piperidine rings is 1. The van der Waals surface area contributed by atoms with Gasteiger partial charge >= 0.3 is 0 Å². The van der Waals surface area contributed by atoms with Gasteiger partial charge in [-0.1, -0.05) is 5.21 Å². The summed E-state index contributed by atoms with van der Waals surface area (Å²) in [6, 6.07) is 0. The van der Waals surface area contributed by atoms with E-state index >= 15 is 0 Å². The maximum Gasteiger partial charge on any atom is 0.276 e. The number of rotatable bonds is 6. The summed E-state index contributed by atoms with van der Waals surface area (Å²) in [5, 5.41) is 8.34. The average Bonchev–Trinajstić information content (AvgIpc) is 3.21. The van der Waals surface area contributed by atoms with Crippen molar-refractivity contribution in [1.29, 1.82) is 0 Å². The molecule has 31 heavy (non-hydrogen) atoms. The van der Waals surface area contributed by atoms with Crippen LogP contribution in [0.1, 0.15) is 75.7 Å². The van der Waals surface area contributed by atoms with Gasteiger partial charge in [0.05, 0.1) is 11.6 Å². The fourth-order valence-corrected chi connectivity index (χ4v) is 7.53. The van der Waals surface area contributed by atoms with Gasteiger partial charge in [-0.3, -0.25) is 14.3 Å². The normalized spacial score (nSPS) is 34.2. The second kappa shape index (κ2) is 8.21. The molecule has 0 radical (unpaired) electrons. The molecular weight excluding hydrogens is 390 g/mol. The van der Waals surface area contributed by atoms with E-state index in [1.54, 1.807) is 15.8 Å². The Bertz CT molecular complexity index is 794. The van der Waals surface area contributed by atoms with E-state index in [0.29, 0.717) is 30.6 Å². The van der Waals surface area contributed by atoms with Gasteiger partial charge in [-0.2, -0.15) is 0 Å². The quantitative estimate of drug-likeness (QED) is 0.699. The summed E-state index contributed by atoms with van der Waals surface area (Å²) < 4.78 is 1.81. The molecule has 6 rings (SSSR count). The molecule has 0 N–H and O–H groups in total. The molecule has 5 aliphatic rings. The summed E-state index contributed by atoms with van der Waals surface area (Å²) in [6.45, 7) is 7.74. The van der Waals surface area contributed by atoms with E-state index in [9.17, 15) is 9.59 Å². The van der Waals surface area contributed by atoms with Crippen molar-refractivity contribution in [2.24, 2.45) is 29.1 Å². The van der Waals surface area contributed by atoms with Crippen LogP contribution in [0.3, 0.4) is 0 Å². The van der Waals surface area contributed by atoms with Crippen LogP contribution in [-0.4, -0.2) is 62.8 Å². The van der Waals surface area contributed by atoms with Crippen molar-refractivity contribution in [2.75, 3.05) is 26.2 Å². The topological polar surface area (TPSA) is 71.3 Å². The lowest BCUT2D eigenvalue weighted by molar-refractivity contribution is -0.159. The van der Waals surface area contributed by atoms with Crippen molar-refractivity contribution >= 4 is 11.8 Å². The maximum absolute atomic E-state index is 13.7. The lowest BCUT2D eigenvalue weighted by atomic mass is 9.49. The number of carbonyl (C=O) groups excluding carboxylic acids is 2. The zero-order valence-corrected chi connectivity index (χ0v) is 19.1. The largest absolute Gasteiger partial charge is 0.342 e. The molecule has 0 unspecified atom stereocenters. The summed E-state index contributed by atoms with van der Waals surface area (Å²) >= 11 is 0. The smallest absolute Gasteiger partial charge is 0.276 e. The zero-order valence-electron chi connectivity index (χ0n) is 19.1. The van der Waals surface area contributed by atoms with E-state index in [0.717, 1.165) is 69.5 Å². The van der Waals surface area contributed by atoms with Crippen LogP contribution in [0.15, 0.2) is 6.20 Å². The third-order valence-electron chi connectivity index (χ3n) is 8.55. The Balaban J connectivity index is 1.22. The molecule has 2 amide bonds. The van der Waals surface area contributed by atoms with Crippen LogP contribution in [0, 0.1) is 29.1 Å². The fourth-order valence-electron chi connectivity index (χ4n) is 7.53. The van der Waals surface area contributed by atoms with E-state index < -0.39 is 0 Å². The van der Waals surface area contributed by atoms with Crippen LogP contribution in [0.5, 0.6) is 0 Å². The first kappa shape index (κ1) is 21.0. The first-order valence-corrected chi connectivity index (χ1v) is 12.5. The summed E-state index contributed by atoms with van der Waals surface area (Å²) in [5.41, 5.74) is 0.369. The molecule has 1 aromatic rings. The third-order valence-corrected chi connectivity index (χ3v) is 8.55. The summed E-state index contributed by atoms with van der Waals surface area (Å²) in [7, 11) is 0. The fraction of sp³-hybridized carbons (Fsp3) is 0.833. The van der Waals surface area contributed by atoms with Gasteiger partial charge in [0, 0.05) is 32.7 Å². The van der Waals surface area contributed by atoms with Crippen LogP contribution >= 0.6 is 0 Å². The molecule has 2 heterocycles. The van der Waals surface area contributed by atoms with Crippen molar-refractivity contribution < 1.29 is 9.59 Å². The van der Waals surface area contributed by atoms with Gasteiger partial charge in [0.15, 0.2) is 5.69 Å². The van der Waals surface area contributed by atoms with Crippen LogP contribution in [0.25, 0.3) is 0 Å². The van der Waals surface area contributed by atoms with Crippen molar-refractivity contribution in [2.45, 2.75) is 71.8 Å². The van der Waals surface area contributed by atoms with Crippen molar-refractivity contribution in [3.05, 3.63) is 11.9 Å². The minimum absolute atomic E-state index is 0.0484. The van der Waals surface area contributed by atoms with Gasteiger partial charge in [0.25, 0.3) is 5.91 Å². The molecular formula is C24H37N5O2. The number of likely N-dealkylation sites (tertiary alicyclic amines) is 1. The molecule has 7 heteroatoms. The molecule has 170 valence electrons. The van der Waals surface area contributed by atoms with Crippen molar-refractivity contribution in [1.82, 2.24) is 24.8 Å². The van der Waals surface area contributed by atoms with Gasteiger partial charge < -0.3 is 9.80 Å². The highest BCUT2D eigenvalue weighted by Crippen LogP contribution is 2.60. The van der Waals surface area contributed by atoms with Gasteiger partial charge in [-0.15, -0.1) is 5.10 Å². The van der Waals surface area contributed by atoms with E-state index in [-0.39, 0.29) is 11.3 Å². The minimum Gasteiger partial charge on any atom is -0.342 e. The molecule has 4 aliphatic carbocycles. The maximum atomic E-state index is 13.7. The standard InChI is InChI=1S/C24H37N5O2/c1-3-27(4-2)22(30)21-16-29(26-25-21)15-17-6-5-7-28(14-17)23(31)24-11-18-8-19(12-24)10-20(9-18)13-24/h16-20H,3-15H2,1-2H3/t17-,18?,19?,20?,24?/m0/s1. The highest BCUT2D eigenvalue weighted by molar-refractivity contribution is 5.91. The lowest BCUT2D eigenvalue weighted by Gasteiger charge is -2.57. The average molecular weight is 428 g/mol. The second-order valence-electron chi connectivity index (χ2n) is 10.8. The first-order valence-electron chi connectivity index (χ1n) is 12.5. The zero-order chi connectivity index (χ0) is 21.6. The van der Waals surface area contributed by atoms with Gasteiger partial charge in [0.1, 0.15) is 0 Å². The molecule has 4 saturated carbocycles. The van der Waals surface area contributed by atoms with Gasteiger partial charge in [0.2, 0.25) is 5.91 Å². The van der Waals surface area contributed by atoms with E-state index in [1.165, 1.54) is 19.3 Å². The Labute approximate surface area is 185 Å². The Morgan fingerprint density at radius 1 is 1.10 bits per heavy atom. The molecule has 1 atom stereocenters. The highest BCUT2D eigenvalue weighted by atomic mass is 16.2. The number of nitrogens with zero attached hydrogens (tertiary/aromatic N) is 5. The summed E-state index contributed by atoms with van der Waals surface area (Å²) in [5.74, 6) is 3.17. The molecule has 5 fully saturated rings. The second-order valence-corrected chi connectivity index (χ2v) is 10.8. The summed E-state index contributed by atoms with van der Waals surface area (Å²) in [4.78, 5) is 30.2.